The first-order valence-electron chi connectivity index (χ1n) is 13.1. The van der Waals surface area contributed by atoms with Gasteiger partial charge in [0.1, 0.15) is 0 Å². The third-order valence-corrected chi connectivity index (χ3v) is 7.44. The van der Waals surface area contributed by atoms with Gasteiger partial charge in [0, 0.05) is 35.6 Å². The molecular formula is C28H33N7O2. The maximum atomic E-state index is 13.7. The van der Waals surface area contributed by atoms with E-state index < -0.39 is 0 Å². The van der Waals surface area contributed by atoms with E-state index in [1.807, 2.05) is 53.4 Å². The van der Waals surface area contributed by atoms with E-state index in [0.29, 0.717) is 24.7 Å². The smallest absolute Gasteiger partial charge is 0.297 e. The van der Waals surface area contributed by atoms with Crippen molar-refractivity contribution in [2.75, 3.05) is 0 Å². The molecule has 0 radical (unpaired) electrons. The summed E-state index contributed by atoms with van der Waals surface area (Å²) in [5.74, 6) is 1.22. The molecule has 1 aromatic carbocycles. The molecule has 2 unspecified atom stereocenters. The normalized spacial score (nSPS) is 17.7. The van der Waals surface area contributed by atoms with Crippen LogP contribution in [0.5, 0.6) is 0 Å². The Hall–Kier alpha value is -3.88. The topological polar surface area (TPSA) is 111 Å². The first-order chi connectivity index (χ1) is 18.0. The van der Waals surface area contributed by atoms with E-state index >= 15 is 0 Å². The number of hydrogen-bond donors (Lipinski definition) is 1. The van der Waals surface area contributed by atoms with Crippen LogP contribution in [0.2, 0.25) is 0 Å². The zero-order valence-corrected chi connectivity index (χ0v) is 21.6. The number of benzene rings is 1. The number of aryl methyl sites for hydroxylation is 1. The van der Waals surface area contributed by atoms with Crippen molar-refractivity contribution in [2.24, 2.45) is 11.8 Å². The summed E-state index contributed by atoms with van der Waals surface area (Å²) in [5, 5.41) is 14.4. The van der Waals surface area contributed by atoms with Crippen molar-refractivity contribution in [3.63, 3.8) is 0 Å². The fourth-order valence-corrected chi connectivity index (χ4v) is 5.42. The number of nitrogens with one attached hydrogen (secondary N) is 1. The number of Topliss-reactive ketones (excluding diaryl/α,β-unsaturated/α-hetero) is 1. The van der Waals surface area contributed by atoms with Crippen molar-refractivity contribution in [1.29, 1.82) is 0 Å². The summed E-state index contributed by atoms with van der Waals surface area (Å²) in [6, 6.07) is 11.4. The van der Waals surface area contributed by atoms with Crippen LogP contribution in [-0.2, 0) is 17.8 Å². The number of imidazole rings is 1. The number of hydrogen-bond acceptors (Lipinski definition) is 6. The minimum absolute atomic E-state index is 0.108. The van der Waals surface area contributed by atoms with Gasteiger partial charge in [-0.15, -0.1) is 10.2 Å². The fraction of sp³-hybridized carbons (Fsp3) is 0.429. The van der Waals surface area contributed by atoms with E-state index in [9.17, 15) is 9.59 Å². The number of carbonyl (C=O) groups excluding carboxylic acids is 1. The molecule has 9 heteroatoms. The number of unbranched alkanes of at least 4 members (excludes halogenated alkanes) is 1. The summed E-state index contributed by atoms with van der Waals surface area (Å²) in [6.07, 6.45) is 7.96. The van der Waals surface area contributed by atoms with Crippen molar-refractivity contribution in [3.05, 3.63) is 70.5 Å². The lowest BCUT2D eigenvalue weighted by Gasteiger charge is -2.22. The second-order valence-corrected chi connectivity index (χ2v) is 10.2. The lowest BCUT2D eigenvalue weighted by atomic mass is 9.90. The standard InChI is InChI=1S/C28H33N7O2/c1-4-5-8-20-17-35(26-21(18(2)3)12-14-25(26)36)28(37)34(20)16-19-11-13-24(29-15-19)22-9-6-7-10-23(22)27-30-32-33-31-27/h6-7,9-11,13,15,17-18,21,26H,4-5,8,12,14,16H2,1-3H3,(H,30,31,32,33). The molecular weight excluding hydrogens is 466 g/mol. The molecule has 0 spiro atoms. The lowest BCUT2D eigenvalue weighted by molar-refractivity contribution is -0.120. The van der Waals surface area contributed by atoms with Crippen LogP contribution in [0.1, 0.15) is 63.8 Å². The summed E-state index contributed by atoms with van der Waals surface area (Å²) in [4.78, 5) is 31.2. The van der Waals surface area contributed by atoms with E-state index in [-0.39, 0.29) is 23.4 Å². The summed E-state index contributed by atoms with van der Waals surface area (Å²) >= 11 is 0. The van der Waals surface area contributed by atoms with Crippen LogP contribution in [0.4, 0.5) is 0 Å². The quantitative estimate of drug-likeness (QED) is 0.364. The maximum Gasteiger partial charge on any atom is 0.329 e. The molecule has 1 fully saturated rings. The van der Waals surface area contributed by atoms with Crippen molar-refractivity contribution in [1.82, 2.24) is 34.7 Å². The molecule has 2 atom stereocenters. The Morgan fingerprint density at radius 2 is 1.92 bits per heavy atom. The van der Waals surface area contributed by atoms with Crippen molar-refractivity contribution < 1.29 is 4.79 Å². The van der Waals surface area contributed by atoms with Gasteiger partial charge in [-0.05, 0) is 47.9 Å². The van der Waals surface area contributed by atoms with Crippen molar-refractivity contribution in [2.45, 2.75) is 65.5 Å². The highest BCUT2D eigenvalue weighted by Crippen LogP contribution is 2.37. The molecule has 1 aliphatic rings. The van der Waals surface area contributed by atoms with E-state index in [0.717, 1.165) is 53.8 Å². The van der Waals surface area contributed by atoms with Crippen molar-refractivity contribution >= 4 is 5.78 Å². The highest BCUT2D eigenvalue weighted by molar-refractivity contribution is 5.85. The highest BCUT2D eigenvalue weighted by Gasteiger charge is 2.39. The second kappa shape index (κ2) is 10.6. The summed E-state index contributed by atoms with van der Waals surface area (Å²) in [7, 11) is 0. The SMILES string of the molecule is CCCCc1cn(C2C(=O)CCC2C(C)C)c(=O)n1Cc1ccc(-c2ccccc2-c2nn[nH]n2)nc1. The molecule has 5 rings (SSSR count). The third kappa shape index (κ3) is 4.90. The number of H-pyrrole nitrogens is 1. The van der Waals surface area contributed by atoms with E-state index in [4.69, 9.17) is 4.98 Å². The van der Waals surface area contributed by atoms with Gasteiger partial charge >= 0.3 is 5.69 Å². The van der Waals surface area contributed by atoms with Gasteiger partial charge in [0.25, 0.3) is 0 Å². The Morgan fingerprint density at radius 1 is 1.11 bits per heavy atom. The van der Waals surface area contributed by atoms with Crippen LogP contribution in [0, 0.1) is 11.8 Å². The van der Waals surface area contributed by atoms with E-state index in [1.165, 1.54) is 0 Å². The predicted molar refractivity (Wildman–Crippen MR) is 141 cm³/mol. The fourth-order valence-electron chi connectivity index (χ4n) is 5.42. The Kier molecular flexibility index (Phi) is 7.12. The molecule has 4 aromatic rings. The number of pyridine rings is 1. The maximum absolute atomic E-state index is 13.7. The number of tetrazole rings is 1. The number of rotatable bonds is 9. The molecule has 0 saturated heterocycles. The molecule has 1 saturated carbocycles. The van der Waals surface area contributed by atoms with Gasteiger partial charge in [0.05, 0.1) is 18.3 Å². The minimum atomic E-state index is -0.365. The first-order valence-corrected chi connectivity index (χ1v) is 13.1. The monoisotopic (exact) mass is 499 g/mol. The minimum Gasteiger partial charge on any atom is -0.297 e. The third-order valence-electron chi connectivity index (χ3n) is 7.44. The zero-order chi connectivity index (χ0) is 25.9. The van der Waals surface area contributed by atoms with E-state index in [2.05, 4.69) is 41.4 Å². The molecule has 192 valence electrons. The van der Waals surface area contributed by atoms with Gasteiger partial charge in [-0.3, -0.25) is 18.9 Å². The second-order valence-electron chi connectivity index (χ2n) is 10.2. The Balaban J connectivity index is 1.46. The molecule has 1 aliphatic carbocycles. The van der Waals surface area contributed by atoms with Crippen LogP contribution in [0.3, 0.4) is 0 Å². The number of ketones is 1. The molecule has 3 heterocycles. The summed E-state index contributed by atoms with van der Waals surface area (Å²) in [5.41, 5.74) is 4.33. The number of aromatic amines is 1. The Labute approximate surface area is 216 Å². The number of nitrogens with zero attached hydrogens (tertiary/aromatic N) is 6. The van der Waals surface area contributed by atoms with E-state index in [1.54, 1.807) is 4.57 Å². The summed E-state index contributed by atoms with van der Waals surface area (Å²) < 4.78 is 3.54. The molecule has 9 nitrogen and oxygen atoms in total. The van der Waals surface area contributed by atoms with Gasteiger partial charge in [0.2, 0.25) is 5.82 Å². The molecule has 0 bridgehead atoms. The van der Waals surface area contributed by atoms with Gasteiger partial charge < -0.3 is 0 Å². The Morgan fingerprint density at radius 3 is 2.59 bits per heavy atom. The van der Waals surface area contributed by atoms with Gasteiger partial charge in [-0.1, -0.05) is 57.5 Å². The van der Waals surface area contributed by atoms with Gasteiger partial charge in [0.15, 0.2) is 5.78 Å². The average molecular weight is 500 g/mol. The van der Waals surface area contributed by atoms with Crippen LogP contribution in [0.25, 0.3) is 22.6 Å². The van der Waals surface area contributed by atoms with Crippen LogP contribution in [-0.4, -0.2) is 40.5 Å². The van der Waals surface area contributed by atoms with Crippen LogP contribution in [0.15, 0.2) is 53.6 Å². The Bertz CT molecular complexity index is 1420. The lowest BCUT2D eigenvalue weighted by Crippen LogP contribution is -2.33. The largest absolute Gasteiger partial charge is 0.329 e. The highest BCUT2D eigenvalue weighted by atomic mass is 16.2. The first kappa shape index (κ1) is 24.8. The number of carbonyl (C=O) groups is 1. The molecule has 0 amide bonds. The molecule has 1 N–H and O–H groups in total. The molecule has 37 heavy (non-hydrogen) atoms. The molecule has 3 aromatic heterocycles. The van der Waals surface area contributed by atoms with Crippen LogP contribution >= 0.6 is 0 Å². The average Bonchev–Trinajstić information content (AvgIpc) is 3.64. The van der Waals surface area contributed by atoms with Gasteiger partial charge in [-0.25, -0.2) is 4.79 Å². The zero-order valence-electron chi connectivity index (χ0n) is 21.6. The summed E-state index contributed by atoms with van der Waals surface area (Å²) in [6.45, 7) is 6.84. The van der Waals surface area contributed by atoms with Gasteiger partial charge in [-0.2, -0.15) is 5.21 Å². The van der Waals surface area contributed by atoms with Crippen LogP contribution < -0.4 is 5.69 Å². The molecule has 0 aliphatic heterocycles. The predicted octanol–water partition coefficient (Wildman–Crippen LogP) is 4.46. The number of aromatic nitrogens is 7. The van der Waals surface area contributed by atoms with Crippen molar-refractivity contribution in [3.8, 4) is 22.6 Å².